The van der Waals surface area contributed by atoms with Crippen molar-refractivity contribution in [1.82, 2.24) is 0 Å². The predicted octanol–water partition coefficient (Wildman–Crippen LogP) is 1.10. The van der Waals surface area contributed by atoms with Gasteiger partial charge in [0.2, 0.25) is 0 Å². The van der Waals surface area contributed by atoms with Crippen molar-refractivity contribution < 1.29 is 0 Å². The largest absolute Gasteiger partial charge is 0.370 e. The molecule has 0 amide bonds. The van der Waals surface area contributed by atoms with Crippen LogP contribution in [0.25, 0.3) is 0 Å². The van der Waals surface area contributed by atoms with E-state index in [1.807, 2.05) is 24.3 Å². The zero-order chi connectivity index (χ0) is 9.97. The molecule has 1 aliphatic rings. The fourth-order valence-electron chi connectivity index (χ4n) is 1.77. The van der Waals surface area contributed by atoms with Gasteiger partial charge in [-0.1, -0.05) is 0 Å². The zero-order valence-electron chi connectivity index (χ0n) is 7.98. The maximum absolute atomic E-state index is 8.65. The molecule has 72 valence electrons. The third-order valence-corrected chi connectivity index (χ3v) is 2.59. The molecular formula is C11H13N3. The molecule has 1 heterocycles. The van der Waals surface area contributed by atoms with Crippen LogP contribution in [0.2, 0.25) is 0 Å². The van der Waals surface area contributed by atoms with Crippen molar-refractivity contribution in [3.63, 3.8) is 0 Å². The topological polar surface area (TPSA) is 53.0 Å². The first kappa shape index (κ1) is 9.04. The highest BCUT2D eigenvalue weighted by molar-refractivity contribution is 5.50. The lowest BCUT2D eigenvalue weighted by Crippen LogP contribution is -2.26. The molecule has 1 saturated heterocycles. The maximum atomic E-state index is 8.65. The van der Waals surface area contributed by atoms with Gasteiger partial charge in [-0.15, -0.1) is 0 Å². The first-order chi connectivity index (χ1) is 6.79. The Morgan fingerprint density at radius 2 is 2.07 bits per heavy atom. The Bertz CT molecular complexity index is 350. The Balaban J connectivity index is 2.14. The summed E-state index contributed by atoms with van der Waals surface area (Å²) in [4.78, 5) is 2.26. The molecular weight excluding hydrogens is 174 g/mol. The molecule has 2 N–H and O–H groups in total. The number of nitrogens with zero attached hydrogens (tertiary/aromatic N) is 2. The molecule has 0 aliphatic carbocycles. The van der Waals surface area contributed by atoms with E-state index >= 15 is 0 Å². The molecule has 0 bridgehead atoms. The van der Waals surface area contributed by atoms with Gasteiger partial charge in [0.25, 0.3) is 0 Å². The van der Waals surface area contributed by atoms with Crippen LogP contribution in [0.4, 0.5) is 5.69 Å². The number of benzene rings is 1. The minimum absolute atomic E-state index is 0.297. The lowest BCUT2D eigenvalue weighted by molar-refractivity contribution is 0.752. The highest BCUT2D eigenvalue weighted by Gasteiger charge is 2.18. The van der Waals surface area contributed by atoms with Crippen LogP contribution in [0.5, 0.6) is 0 Å². The number of anilines is 1. The second-order valence-electron chi connectivity index (χ2n) is 3.65. The summed E-state index contributed by atoms with van der Waals surface area (Å²) in [6, 6.07) is 10.1. The van der Waals surface area contributed by atoms with Crippen molar-refractivity contribution in [3.8, 4) is 6.07 Å². The van der Waals surface area contributed by atoms with Gasteiger partial charge in [-0.2, -0.15) is 5.26 Å². The Hall–Kier alpha value is -1.53. The molecule has 0 radical (unpaired) electrons. The molecule has 1 aromatic carbocycles. The summed E-state index contributed by atoms with van der Waals surface area (Å²) in [6.45, 7) is 1.94. The van der Waals surface area contributed by atoms with Crippen LogP contribution in [0, 0.1) is 11.3 Å². The van der Waals surface area contributed by atoms with Crippen molar-refractivity contribution >= 4 is 5.69 Å². The van der Waals surface area contributed by atoms with Crippen LogP contribution in [0.15, 0.2) is 24.3 Å². The minimum Gasteiger partial charge on any atom is -0.370 e. The number of hydrogen-bond donors (Lipinski definition) is 1. The molecule has 3 heteroatoms. The molecule has 0 saturated carbocycles. The summed E-state index contributed by atoms with van der Waals surface area (Å²) < 4.78 is 0. The van der Waals surface area contributed by atoms with Gasteiger partial charge in [-0.3, -0.25) is 0 Å². The summed E-state index contributed by atoms with van der Waals surface area (Å²) in [5.41, 5.74) is 7.69. The second-order valence-corrected chi connectivity index (χ2v) is 3.65. The van der Waals surface area contributed by atoms with Crippen LogP contribution in [0.1, 0.15) is 12.0 Å². The van der Waals surface area contributed by atoms with Gasteiger partial charge in [0.05, 0.1) is 11.6 Å². The summed E-state index contributed by atoms with van der Waals surface area (Å²) in [5.74, 6) is 0. The number of nitrogens with two attached hydrogens (primary N) is 1. The molecule has 1 atom stereocenters. The molecule has 0 unspecified atom stereocenters. The molecule has 2 rings (SSSR count). The number of rotatable bonds is 1. The van der Waals surface area contributed by atoms with Gasteiger partial charge in [-0.25, -0.2) is 0 Å². The molecule has 14 heavy (non-hydrogen) atoms. The van der Waals surface area contributed by atoms with Crippen LogP contribution in [0.3, 0.4) is 0 Å². The van der Waals surface area contributed by atoms with Crippen molar-refractivity contribution in [2.45, 2.75) is 12.5 Å². The van der Waals surface area contributed by atoms with E-state index in [-0.39, 0.29) is 0 Å². The third-order valence-electron chi connectivity index (χ3n) is 2.59. The van der Waals surface area contributed by atoms with E-state index in [1.54, 1.807) is 0 Å². The maximum Gasteiger partial charge on any atom is 0.0991 e. The Morgan fingerprint density at radius 3 is 2.57 bits per heavy atom. The van der Waals surface area contributed by atoms with Crippen molar-refractivity contribution in [3.05, 3.63) is 29.8 Å². The highest BCUT2D eigenvalue weighted by Crippen LogP contribution is 2.19. The van der Waals surface area contributed by atoms with E-state index in [2.05, 4.69) is 11.0 Å². The Labute approximate surface area is 83.7 Å². The molecule has 0 aromatic heterocycles. The Kier molecular flexibility index (Phi) is 2.38. The highest BCUT2D eigenvalue weighted by atomic mass is 15.2. The van der Waals surface area contributed by atoms with Crippen LogP contribution < -0.4 is 10.6 Å². The molecule has 1 aromatic rings. The van der Waals surface area contributed by atoms with Gasteiger partial charge in [-0.05, 0) is 30.7 Å². The first-order valence-corrected chi connectivity index (χ1v) is 4.80. The van der Waals surface area contributed by atoms with Gasteiger partial charge in [0.1, 0.15) is 0 Å². The smallest absolute Gasteiger partial charge is 0.0991 e. The average Bonchev–Trinajstić information content (AvgIpc) is 2.65. The van der Waals surface area contributed by atoms with E-state index in [4.69, 9.17) is 11.0 Å². The molecule has 1 fully saturated rings. The van der Waals surface area contributed by atoms with E-state index < -0.39 is 0 Å². The quantitative estimate of drug-likeness (QED) is 0.716. The third kappa shape index (κ3) is 1.70. The second kappa shape index (κ2) is 3.69. The van der Waals surface area contributed by atoms with Crippen molar-refractivity contribution in [2.75, 3.05) is 18.0 Å². The van der Waals surface area contributed by atoms with Crippen molar-refractivity contribution in [1.29, 1.82) is 5.26 Å². The van der Waals surface area contributed by atoms with E-state index in [0.717, 1.165) is 25.2 Å². The van der Waals surface area contributed by atoms with Crippen LogP contribution in [-0.4, -0.2) is 19.1 Å². The minimum atomic E-state index is 0.297. The number of nitriles is 1. The molecule has 0 spiro atoms. The van der Waals surface area contributed by atoms with Crippen LogP contribution in [-0.2, 0) is 0 Å². The van der Waals surface area contributed by atoms with E-state index in [0.29, 0.717) is 11.6 Å². The van der Waals surface area contributed by atoms with Crippen LogP contribution >= 0.6 is 0 Å². The van der Waals surface area contributed by atoms with Gasteiger partial charge >= 0.3 is 0 Å². The summed E-state index contributed by atoms with van der Waals surface area (Å²) in [6.07, 6.45) is 1.06. The fourth-order valence-corrected chi connectivity index (χ4v) is 1.77. The Morgan fingerprint density at radius 1 is 1.36 bits per heavy atom. The monoisotopic (exact) mass is 187 g/mol. The molecule has 1 aliphatic heterocycles. The fraction of sp³-hybridized carbons (Fsp3) is 0.364. The lowest BCUT2D eigenvalue weighted by atomic mass is 10.2. The molecule has 3 nitrogen and oxygen atoms in total. The van der Waals surface area contributed by atoms with Gasteiger partial charge < -0.3 is 10.6 Å². The van der Waals surface area contributed by atoms with Gasteiger partial charge in [0, 0.05) is 24.8 Å². The van der Waals surface area contributed by atoms with E-state index in [9.17, 15) is 0 Å². The zero-order valence-corrected chi connectivity index (χ0v) is 7.98. The van der Waals surface area contributed by atoms with Crippen molar-refractivity contribution in [2.24, 2.45) is 5.73 Å². The first-order valence-electron chi connectivity index (χ1n) is 4.80. The van der Waals surface area contributed by atoms with E-state index in [1.165, 1.54) is 0 Å². The average molecular weight is 187 g/mol. The predicted molar refractivity (Wildman–Crippen MR) is 56.0 cm³/mol. The lowest BCUT2D eigenvalue weighted by Gasteiger charge is -2.17. The standard InChI is InChI=1S/C11H13N3/c12-7-9-1-3-11(4-2-9)14-6-5-10(13)8-14/h1-4,10H,5-6,8,13H2/t10-/m1/s1. The SMILES string of the molecule is N#Cc1ccc(N2CC[C@@H](N)C2)cc1. The summed E-state index contributed by atoms with van der Waals surface area (Å²) >= 11 is 0. The normalized spacial score (nSPS) is 20.9. The number of hydrogen-bond acceptors (Lipinski definition) is 3. The van der Waals surface area contributed by atoms with Gasteiger partial charge in [0.15, 0.2) is 0 Å². The summed E-state index contributed by atoms with van der Waals surface area (Å²) in [7, 11) is 0. The summed E-state index contributed by atoms with van der Waals surface area (Å²) in [5, 5.41) is 8.65.